The van der Waals surface area contributed by atoms with Crippen molar-refractivity contribution in [3.05, 3.63) is 59.7 Å². The van der Waals surface area contributed by atoms with Gasteiger partial charge in [-0.15, -0.1) is 0 Å². The molecular weight excluding hydrogens is 354 g/mol. The fourth-order valence-corrected chi connectivity index (χ4v) is 3.39. The third kappa shape index (κ3) is 4.95. The maximum absolute atomic E-state index is 6.11. The van der Waals surface area contributed by atoms with Gasteiger partial charge in [0.05, 0.1) is 17.7 Å². The lowest BCUT2D eigenvalue weighted by Crippen LogP contribution is -2.16. The van der Waals surface area contributed by atoms with Crippen LogP contribution in [0.25, 0.3) is 11.3 Å². The lowest BCUT2D eigenvalue weighted by atomic mass is 10.1. The Kier molecular flexibility index (Phi) is 6.24. The molecule has 0 bridgehead atoms. The summed E-state index contributed by atoms with van der Waals surface area (Å²) in [5.41, 5.74) is 5.14. The van der Waals surface area contributed by atoms with E-state index in [9.17, 15) is 0 Å². The van der Waals surface area contributed by atoms with Crippen molar-refractivity contribution in [1.29, 1.82) is 0 Å². The molecule has 1 aromatic heterocycles. The summed E-state index contributed by atoms with van der Waals surface area (Å²) in [6.07, 6.45) is 2.99. The lowest BCUT2D eigenvalue weighted by molar-refractivity contribution is 0.492. The van der Waals surface area contributed by atoms with Crippen LogP contribution in [-0.4, -0.2) is 29.2 Å². The highest BCUT2D eigenvalue weighted by Crippen LogP contribution is 2.35. The topological polar surface area (TPSA) is 37.7 Å². The molecule has 3 aromatic rings. The summed E-state index contributed by atoms with van der Waals surface area (Å²) < 4.78 is 10.6. The van der Waals surface area contributed by atoms with Crippen LogP contribution in [0.2, 0.25) is 0 Å². The summed E-state index contributed by atoms with van der Waals surface area (Å²) in [5.74, 6) is 0.844. The first-order chi connectivity index (χ1) is 13.1. The van der Waals surface area contributed by atoms with E-state index in [1.54, 1.807) is 0 Å². The molecule has 0 aliphatic carbocycles. The number of aryl methyl sites for hydroxylation is 2. The van der Waals surface area contributed by atoms with E-state index in [2.05, 4.69) is 46.3 Å². The van der Waals surface area contributed by atoms with Crippen LogP contribution >= 0.6 is 11.5 Å². The molecule has 0 radical (unpaired) electrons. The standard InChI is InChI=1S/C22H25N3OS/c1-5-11-25(4)15-23-19-12-17(3)21(13-16(19)2)26-22-14-20(24-27-22)18-9-7-6-8-10-18/h6-10,12-15H,5,11H2,1-4H3. The Balaban J connectivity index is 1.76. The average Bonchev–Trinajstić information content (AvgIpc) is 3.13. The first-order valence-corrected chi connectivity index (χ1v) is 9.90. The maximum Gasteiger partial charge on any atom is 0.200 e. The van der Waals surface area contributed by atoms with Gasteiger partial charge in [0.25, 0.3) is 0 Å². The van der Waals surface area contributed by atoms with Gasteiger partial charge < -0.3 is 9.64 Å². The minimum Gasteiger partial charge on any atom is -0.445 e. The van der Waals surface area contributed by atoms with Crippen LogP contribution in [0.15, 0.2) is 53.5 Å². The van der Waals surface area contributed by atoms with Crippen LogP contribution in [0.4, 0.5) is 5.69 Å². The summed E-state index contributed by atoms with van der Waals surface area (Å²) >= 11 is 1.37. The smallest absolute Gasteiger partial charge is 0.200 e. The van der Waals surface area contributed by atoms with E-state index in [-0.39, 0.29) is 0 Å². The van der Waals surface area contributed by atoms with E-state index in [0.29, 0.717) is 0 Å². The van der Waals surface area contributed by atoms with E-state index in [0.717, 1.165) is 51.8 Å². The molecule has 0 fully saturated rings. The van der Waals surface area contributed by atoms with Crippen molar-refractivity contribution in [2.75, 3.05) is 13.6 Å². The average molecular weight is 380 g/mol. The lowest BCUT2D eigenvalue weighted by Gasteiger charge is -2.12. The van der Waals surface area contributed by atoms with Gasteiger partial charge in [0, 0.05) is 36.8 Å². The molecule has 0 spiro atoms. The molecule has 0 atom stereocenters. The minimum absolute atomic E-state index is 0.787. The molecule has 27 heavy (non-hydrogen) atoms. The van der Waals surface area contributed by atoms with Crippen LogP contribution in [0.1, 0.15) is 24.5 Å². The summed E-state index contributed by atoms with van der Waals surface area (Å²) in [6.45, 7) is 7.26. The molecule has 0 saturated heterocycles. The number of aliphatic imine (C=N–C) groups is 1. The van der Waals surface area contributed by atoms with Crippen molar-refractivity contribution in [2.24, 2.45) is 4.99 Å². The molecular formula is C22H25N3OS. The monoisotopic (exact) mass is 379 g/mol. The molecule has 4 nitrogen and oxygen atoms in total. The van der Waals surface area contributed by atoms with Gasteiger partial charge in [0.15, 0.2) is 0 Å². The van der Waals surface area contributed by atoms with Crippen LogP contribution in [0, 0.1) is 13.8 Å². The first-order valence-electron chi connectivity index (χ1n) is 9.12. The molecule has 0 saturated carbocycles. The number of ether oxygens (including phenoxy) is 1. The summed E-state index contributed by atoms with van der Waals surface area (Å²) in [6, 6.07) is 16.2. The molecule has 0 amide bonds. The van der Waals surface area contributed by atoms with Gasteiger partial charge in [-0.2, -0.15) is 4.37 Å². The van der Waals surface area contributed by atoms with E-state index < -0.39 is 0 Å². The Morgan fingerprint density at radius 3 is 2.63 bits per heavy atom. The van der Waals surface area contributed by atoms with Crippen molar-refractivity contribution >= 4 is 23.6 Å². The maximum atomic E-state index is 6.11. The Labute approximate surface area is 165 Å². The highest BCUT2D eigenvalue weighted by molar-refractivity contribution is 7.08. The predicted octanol–water partition coefficient (Wildman–Crippen LogP) is 6.22. The summed E-state index contributed by atoms with van der Waals surface area (Å²) in [7, 11) is 2.04. The zero-order valence-corrected chi connectivity index (χ0v) is 17.1. The third-order valence-corrected chi connectivity index (χ3v) is 4.90. The second-order valence-electron chi connectivity index (χ2n) is 6.63. The molecule has 0 aliphatic heterocycles. The van der Waals surface area contributed by atoms with E-state index in [1.807, 2.05) is 50.6 Å². The van der Waals surface area contributed by atoms with Gasteiger partial charge in [0.2, 0.25) is 5.06 Å². The van der Waals surface area contributed by atoms with E-state index >= 15 is 0 Å². The van der Waals surface area contributed by atoms with Gasteiger partial charge in [-0.25, -0.2) is 4.99 Å². The minimum atomic E-state index is 0.787. The highest BCUT2D eigenvalue weighted by Gasteiger charge is 2.10. The van der Waals surface area contributed by atoms with Crippen LogP contribution < -0.4 is 4.74 Å². The van der Waals surface area contributed by atoms with Crippen LogP contribution in [0.5, 0.6) is 10.8 Å². The fraction of sp³-hybridized carbons (Fsp3) is 0.273. The first kappa shape index (κ1) is 19.1. The fourth-order valence-electron chi connectivity index (χ4n) is 2.75. The van der Waals surface area contributed by atoms with Gasteiger partial charge in [-0.3, -0.25) is 0 Å². The number of aromatic nitrogens is 1. The Morgan fingerprint density at radius 1 is 1.11 bits per heavy atom. The Bertz CT molecular complexity index is 919. The predicted molar refractivity (Wildman–Crippen MR) is 115 cm³/mol. The van der Waals surface area contributed by atoms with Gasteiger partial charge >= 0.3 is 0 Å². The van der Waals surface area contributed by atoms with Crippen molar-refractivity contribution in [3.63, 3.8) is 0 Å². The highest BCUT2D eigenvalue weighted by atomic mass is 32.1. The summed E-state index contributed by atoms with van der Waals surface area (Å²) in [5, 5.41) is 0.787. The van der Waals surface area contributed by atoms with E-state index in [4.69, 9.17) is 4.74 Å². The normalized spacial score (nSPS) is 11.1. The molecule has 1 heterocycles. The van der Waals surface area contributed by atoms with Crippen molar-refractivity contribution in [3.8, 4) is 22.1 Å². The number of hydrogen-bond donors (Lipinski definition) is 0. The van der Waals surface area contributed by atoms with Gasteiger partial charge in [0.1, 0.15) is 5.75 Å². The van der Waals surface area contributed by atoms with E-state index in [1.165, 1.54) is 11.5 Å². The molecule has 0 N–H and O–H groups in total. The number of nitrogens with zero attached hydrogens (tertiary/aromatic N) is 3. The van der Waals surface area contributed by atoms with Crippen LogP contribution in [0.3, 0.4) is 0 Å². The van der Waals surface area contributed by atoms with Crippen molar-refractivity contribution in [1.82, 2.24) is 9.27 Å². The largest absolute Gasteiger partial charge is 0.445 e. The molecule has 2 aromatic carbocycles. The number of hydrogen-bond acceptors (Lipinski definition) is 4. The third-order valence-electron chi connectivity index (χ3n) is 4.23. The number of benzene rings is 2. The Morgan fingerprint density at radius 2 is 1.89 bits per heavy atom. The van der Waals surface area contributed by atoms with Gasteiger partial charge in [-0.1, -0.05) is 37.3 Å². The molecule has 0 unspecified atom stereocenters. The second kappa shape index (κ2) is 8.82. The molecule has 0 aliphatic rings. The van der Waals surface area contributed by atoms with Crippen molar-refractivity contribution < 1.29 is 4.74 Å². The Hall–Kier alpha value is -2.66. The molecule has 140 valence electrons. The number of rotatable bonds is 7. The zero-order valence-electron chi connectivity index (χ0n) is 16.3. The molecule has 5 heteroatoms. The zero-order chi connectivity index (χ0) is 19.2. The quantitative estimate of drug-likeness (QED) is 0.361. The van der Waals surface area contributed by atoms with Crippen LogP contribution in [-0.2, 0) is 0 Å². The molecule has 3 rings (SSSR count). The SMILES string of the molecule is CCCN(C)C=Nc1cc(C)c(Oc2cc(-c3ccccc3)ns2)cc1C. The second-order valence-corrected chi connectivity index (χ2v) is 7.40. The van der Waals surface area contributed by atoms with Crippen molar-refractivity contribution in [2.45, 2.75) is 27.2 Å². The van der Waals surface area contributed by atoms with Gasteiger partial charge in [-0.05, 0) is 43.5 Å². The summed E-state index contributed by atoms with van der Waals surface area (Å²) in [4.78, 5) is 6.71.